The summed E-state index contributed by atoms with van der Waals surface area (Å²) in [5.41, 5.74) is 16.0. The number of nitrogens with zero attached hydrogens (tertiary/aromatic N) is 1. The third-order valence-corrected chi connectivity index (χ3v) is 18.0. The molecule has 0 N–H and O–H groups in total. The molecule has 0 unspecified atom stereocenters. The summed E-state index contributed by atoms with van der Waals surface area (Å²) in [6.07, 6.45) is 4.36. The molecule has 0 atom stereocenters. The predicted molar refractivity (Wildman–Crippen MR) is 372 cm³/mol. The van der Waals surface area contributed by atoms with E-state index in [4.69, 9.17) is 52.0 Å². The number of rotatable bonds is 35. The van der Waals surface area contributed by atoms with Crippen LogP contribution in [-0.4, -0.2) is 91.1 Å². The predicted octanol–water partition coefficient (Wildman–Crippen LogP) is 16.4. The summed E-state index contributed by atoms with van der Waals surface area (Å²) in [4.78, 5) is 0. The number of para-hydroxylation sites is 4. The van der Waals surface area contributed by atoms with Gasteiger partial charge in [0.15, 0.2) is 0 Å². The fraction of sp³-hybridized carbons (Fsp3) is 0.229. The van der Waals surface area contributed by atoms with E-state index in [0.717, 1.165) is 87.6 Å². The third kappa shape index (κ3) is 14.6. The lowest BCUT2D eigenvalue weighted by molar-refractivity contribution is 0.0706. The zero-order valence-corrected chi connectivity index (χ0v) is 53.0. The van der Waals surface area contributed by atoms with Crippen molar-refractivity contribution in [3.05, 3.63) is 301 Å². The molecule has 0 spiro atoms. The molecule has 0 fully saturated rings. The van der Waals surface area contributed by atoms with Crippen LogP contribution in [0.15, 0.2) is 262 Å². The fourth-order valence-corrected chi connectivity index (χ4v) is 13.4. The number of hydrogen-bond donors (Lipinski definition) is 0. The van der Waals surface area contributed by atoms with Gasteiger partial charge in [0.05, 0.1) is 32.7 Å². The first kappa shape index (κ1) is 62.8. The van der Waals surface area contributed by atoms with Crippen molar-refractivity contribution in [1.82, 2.24) is 4.67 Å². The first-order valence-corrected chi connectivity index (χ1v) is 32.7. The highest BCUT2D eigenvalue weighted by molar-refractivity contribution is 6.15. The van der Waals surface area contributed by atoms with Gasteiger partial charge in [0.25, 0.3) is 0 Å². The molecule has 2 aliphatic carbocycles. The zero-order valence-electron chi connectivity index (χ0n) is 53.0. The molecule has 0 bridgehead atoms. The Morgan fingerprint density at radius 2 is 0.638 bits per heavy atom. The minimum absolute atomic E-state index is 0.434. The Balaban J connectivity index is 0.855. The molecule has 10 aromatic carbocycles. The van der Waals surface area contributed by atoms with Gasteiger partial charge in [-0.05, 0) is 189 Å². The second kappa shape index (κ2) is 30.6. The molecule has 0 radical (unpaired) electrons. The Kier molecular flexibility index (Phi) is 20.5. The molecule has 1 heterocycles. The lowest BCUT2D eigenvalue weighted by Crippen LogP contribution is -2.30. The van der Waals surface area contributed by atoms with E-state index >= 15 is 0 Å². The fourth-order valence-electron chi connectivity index (χ4n) is 13.4. The zero-order chi connectivity index (χ0) is 63.6. The molecule has 0 aromatic heterocycles. The van der Waals surface area contributed by atoms with Crippen LogP contribution in [0.1, 0.15) is 64.6 Å². The van der Waals surface area contributed by atoms with E-state index in [0.29, 0.717) is 97.7 Å². The second-order valence-electron chi connectivity index (χ2n) is 23.7. The summed E-state index contributed by atoms with van der Waals surface area (Å²) < 4.78 is 67.4. The second-order valence-corrected chi connectivity index (χ2v) is 23.7. The van der Waals surface area contributed by atoms with Gasteiger partial charge < -0.3 is 47.4 Å². The lowest BCUT2D eigenvalue weighted by Gasteiger charge is -2.33. The van der Waals surface area contributed by atoms with Crippen molar-refractivity contribution in [2.24, 2.45) is 0 Å². The highest BCUT2D eigenvalue weighted by atomic mass is 16.5. The molecule has 10 aromatic rings. The minimum Gasteiger partial charge on any atom is -0.497 e. The van der Waals surface area contributed by atoms with Crippen LogP contribution in [0.2, 0.25) is 0 Å². The Hall–Kier alpha value is -9.97. The largest absolute Gasteiger partial charge is 0.510 e. The van der Waals surface area contributed by atoms with Crippen molar-refractivity contribution >= 4 is 11.8 Å². The molecule has 0 amide bonds. The van der Waals surface area contributed by atoms with Crippen LogP contribution in [-0.2, 0) is 45.9 Å². The Bertz CT molecular complexity index is 3880. The van der Waals surface area contributed by atoms with Crippen molar-refractivity contribution in [1.29, 1.82) is 0 Å². The first-order chi connectivity index (χ1) is 46.5. The third-order valence-electron chi connectivity index (χ3n) is 18.0. The van der Waals surface area contributed by atoms with Crippen molar-refractivity contribution in [2.75, 3.05) is 79.3 Å². The quantitative estimate of drug-likeness (QED) is 0.0217. The standard InChI is InChI=1S/C83H78NO10/c1-2-85-60-61-31-33-62(34-32-61)80-84-81(94-80)67-56-65(63-35-37-74-72-27-15-17-29-76(72)82(78(74)58-63,39-43-86-47-51-90-68-19-7-3-8-20-68)40-44-87-48-52-91-69-21-9-4-10-22-69)55-66(57-67)64-36-38-75-73-28-16-18-30-77(73)83(79(75)59-64,41-45-88-49-53-92-70-23-11-5-12-24-70)42-46-89-50-54-93-71-25-13-6-14-26-71/h2-38,55-59H,1,39-54,60H2/q+1. The smallest absolute Gasteiger partial charge is 0.497 e. The van der Waals surface area contributed by atoms with Crippen molar-refractivity contribution in [3.8, 4) is 67.5 Å². The molecule has 3 aliphatic rings. The Labute approximate surface area is 551 Å². The average Bonchev–Trinajstić information content (AvgIpc) is 1.57. The Morgan fingerprint density at radius 3 is 1.02 bits per heavy atom. The molecular weight excluding hydrogens is 1170 g/mol. The van der Waals surface area contributed by atoms with Crippen LogP contribution in [0.25, 0.3) is 44.5 Å². The van der Waals surface area contributed by atoms with Crippen molar-refractivity contribution < 1.29 is 47.4 Å². The molecule has 1 aliphatic heterocycles. The van der Waals surface area contributed by atoms with Gasteiger partial charge in [-0.15, -0.1) is 0 Å². The maximum absolute atomic E-state index is 6.63. The minimum atomic E-state index is -0.447. The molecule has 13 rings (SSSR count). The summed E-state index contributed by atoms with van der Waals surface area (Å²) in [5.74, 6) is 4.40. The van der Waals surface area contributed by atoms with E-state index < -0.39 is 10.8 Å². The highest BCUT2D eigenvalue weighted by Crippen LogP contribution is 2.55. The molecule has 11 nitrogen and oxygen atoms in total. The van der Waals surface area contributed by atoms with Gasteiger partial charge in [0.2, 0.25) is 0 Å². The average molecular weight is 1250 g/mol. The number of hydrogen-bond acceptors (Lipinski definition) is 10. The van der Waals surface area contributed by atoms with Crippen LogP contribution in [0.3, 0.4) is 0 Å². The van der Waals surface area contributed by atoms with Gasteiger partial charge in [0.1, 0.15) is 67.2 Å². The summed E-state index contributed by atoms with van der Waals surface area (Å²) in [5, 5.41) is 0. The van der Waals surface area contributed by atoms with Gasteiger partial charge in [0, 0.05) is 41.9 Å². The van der Waals surface area contributed by atoms with Gasteiger partial charge in [-0.3, -0.25) is 0 Å². The maximum atomic E-state index is 6.63. The van der Waals surface area contributed by atoms with E-state index in [1.54, 1.807) is 0 Å². The first-order valence-electron chi connectivity index (χ1n) is 32.7. The lowest BCUT2D eigenvalue weighted by atomic mass is 9.72. The van der Waals surface area contributed by atoms with Crippen LogP contribution in [0.4, 0.5) is 0 Å². The van der Waals surface area contributed by atoms with Gasteiger partial charge in [-0.25, -0.2) is 0 Å². The monoisotopic (exact) mass is 1250 g/mol. The van der Waals surface area contributed by atoms with Gasteiger partial charge in [-0.2, -0.15) is 0 Å². The van der Waals surface area contributed by atoms with Crippen molar-refractivity contribution in [3.63, 3.8) is 0 Å². The van der Waals surface area contributed by atoms with E-state index in [-0.39, 0.29) is 0 Å². The normalized spacial score (nSPS) is 13.4. The maximum Gasteiger partial charge on any atom is 0.510 e. The molecule has 0 saturated carbocycles. The summed E-state index contributed by atoms with van der Waals surface area (Å²) in [7, 11) is 0. The number of benzene rings is 10. The van der Waals surface area contributed by atoms with Crippen LogP contribution in [0.5, 0.6) is 23.0 Å². The molecule has 0 saturated heterocycles. The highest BCUT2D eigenvalue weighted by Gasteiger charge is 2.45. The number of ether oxygens (including phenoxy) is 10. The SMILES string of the molecule is C=COCc1ccc(C2=[N+]=C(c3cc(-c4ccc5c(c4)C(CCOCCOc4ccccc4)(CCOCCOc4ccccc4)c4ccccc4-5)cc(-c4ccc5c(c4)C(CCOCCOc4ccccc4)(CCOCCOc4ccccc4)c4ccccc4-5)c3)O2)cc1. The van der Waals surface area contributed by atoms with E-state index in [1.807, 2.05) is 146 Å². The summed E-state index contributed by atoms with van der Waals surface area (Å²) in [6.45, 7) is 9.80. The Morgan fingerprint density at radius 1 is 0.309 bits per heavy atom. The molecule has 474 valence electrons. The van der Waals surface area contributed by atoms with E-state index in [2.05, 4.69) is 110 Å². The van der Waals surface area contributed by atoms with E-state index in [9.17, 15) is 0 Å². The van der Waals surface area contributed by atoms with Crippen LogP contribution >= 0.6 is 0 Å². The summed E-state index contributed by atoms with van der Waals surface area (Å²) >= 11 is 0. The van der Waals surface area contributed by atoms with Gasteiger partial charge in [-0.1, -0.05) is 164 Å². The van der Waals surface area contributed by atoms with Crippen LogP contribution in [0, 0.1) is 0 Å². The van der Waals surface area contributed by atoms with E-state index in [1.165, 1.54) is 50.8 Å². The topological polar surface area (TPSA) is 106 Å². The van der Waals surface area contributed by atoms with Gasteiger partial charge >= 0.3 is 11.8 Å². The molecule has 11 heteroatoms. The summed E-state index contributed by atoms with van der Waals surface area (Å²) in [6, 6.07) is 86.1. The van der Waals surface area contributed by atoms with Crippen molar-refractivity contribution in [2.45, 2.75) is 43.1 Å². The molecule has 94 heavy (non-hydrogen) atoms. The van der Waals surface area contributed by atoms with Crippen LogP contribution < -0.4 is 23.6 Å². The number of fused-ring (bicyclic) bond motifs is 6. The molecular formula is C83H78NO10+.